The van der Waals surface area contributed by atoms with Crippen LogP contribution in [0, 0.1) is 0 Å². The molecule has 2 aromatic heterocycles. The van der Waals surface area contributed by atoms with Gasteiger partial charge in [0.05, 0.1) is 28.1 Å². The molecule has 7 aromatic carbocycles. The average Bonchev–Trinajstić information content (AvgIpc) is 3.30. The van der Waals surface area contributed by atoms with E-state index < -0.39 is 0 Å². The van der Waals surface area contributed by atoms with Crippen LogP contribution in [-0.4, -0.2) is 15.7 Å². The Hall–Kier alpha value is -7.23. The molecule has 9 aromatic rings. The third-order valence-corrected chi connectivity index (χ3v) is 12.4. The van der Waals surface area contributed by atoms with E-state index in [9.17, 15) is 0 Å². The SMILES string of the molecule is C1=CCCC(c2ccc3ccc4ccc(-c5ccc6c(ccc7cc(-c8cccc(C9=NC%10=CC=CCC%10c%10c9ccc9ccccc%109)c8)ccc76)c5)nc4c3n2)=C1. The summed E-state index contributed by atoms with van der Waals surface area (Å²) in [6.45, 7) is 0. The summed E-state index contributed by atoms with van der Waals surface area (Å²) in [5, 5.41) is 9.71. The van der Waals surface area contributed by atoms with Gasteiger partial charge in [0.1, 0.15) is 0 Å². The van der Waals surface area contributed by atoms with E-state index in [0.29, 0.717) is 0 Å². The lowest BCUT2D eigenvalue weighted by Gasteiger charge is -2.29. The fourth-order valence-electron chi connectivity index (χ4n) is 9.47. The van der Waals surface area contributed by atoms with E-state index >= 15 is 0 Å². The number of fused-ring (bicyclic) bond motifs is 11. The van der Waals surface area contributed by atoms with Crippen molar-refractivity contribution in [3.05, 3.63) is 210 Å². The Kier molecular flexibility index (Phi) is 7.49. The molecule has 0 spiro atoms. The zero-order chi connectivity index (χ0) is 38.2. The Bertz CT molecular complexity index is 3380. The molecule has 0 amide bonds. The lowest BCUT2D eigenvalue weighted by atomic mass is 9.79. The van der Waals surface area contributed by atoms with Gasteiger partial charge >= 0.3 is 0 Å². The number of aliphatic imine (C=N–C) groups is 1. The molecule has 1 aliphatic heterocycles. The van der Waals surface area contributed by atoms with E-state index in [1.807, 2.05) is 0 Å². The van der Waals surface area contributed by atoms with Crippen LogP contribution in [0.4, 0.5) is 0 Å². The number of benzene rings is 7. The molecule has 12 rings (SSSR count). The van der Waals surface area contributed by atoms with Gasteiger partial charge in [-0.05, 0) is 110 Å². The summed E-state index contributed by atoms with van der Waals surface area (Å²) in [5.74, 6) is 0.279. The molecular formula is C55H37N3. The Morgan fingerprint density at radius 1 is 0.466 bits per heavy atom. The topological polar surface area (TPSA) is 38.1 Å². The van der Waals surface area contributed by atoms with E-state index in [4.69, 9.17) is 15.0 Å². The second-order valence-corrected chi connectivity index (χ2v) is 15.8. The Balaban J connectivity index is 0.899. The van der Waals surface area contributed by atoms with Gasteiger partial charge in [-0.2, -0.15) is 0 Å². The van der Waals surface area contributed by atoms with E-state index in [0.717, 1.165) is 75.0 Å². The second kappa shape index (κ2) is 13.2. The van der Waals surface area contributed by atoms with Gasteiger partial charge in [-0.15, -0.1) is 0 Å². The first-order valence-corrected chi connectivity index (χ1v) is 20.3. The van der Waals surface area contributed by atoms with E-state index in [-0.39, 0.29) is 5.92 Å². The van der Waals surface area contributed by atoms with Crippen molar-refractivity contribution in [3.63, 3.8) is 0 Å². The summed E-state index contributed by atoms with van der Waals surface area (Å²) in [7, 11) is 0. The average molecular weight is 740 g/mol. The van der Waals surface area contributed by atoms with Crippen LogP contribution in [0.3, 0.4) is 0 Å². The van der Waals surface area contributed by atoms with Crippen LogP contribution in [0.2, 0.25) is 0 Å². The normalized spacial score (nSPS) is 16.1. The summed E-state index contributed by atoms with van der Waals surface area (Å²) in [4.78, 5) is 15.7. The molecule has 0 N–H and O–H groups in total. The summed E-state index contributed by atoms with van der Waals surface area (Å²) in [5.41, 5.74) is 14.6. The number of hydrogen-bond acceptors (Lipinski definition) is 3. The molecule has 3 aliphatic rings. The van der Waals surface area contributed by atoms with Crippen LogP contribution < -0.4 is 0 Å². The van der Waals surface area contributed by atoms with Crippen LogP contribution in [0.5, 0.6) is 0 Å². The smallest absolute Gasteiger partial charge is 0.0972 e. The molecule has 0 saturated heterocycles. The first-order chi connectivity index (χ1) is 28.7. The van der Waals surface area contributed by atoms with Crippen molar-refractivity contribution in [2.75, 3.05) is 0 Å². The van der Waals surface area contributed by atoms with Gasteiger partial charge < -0.3 is 0 Å². The predicted molar refractivity (Wildman–Crippen MR) is 243 cm³/mol. The fraction of sp³-hybridized carbons (Fsp3) is 0.0727. The van der Waals surface area contributed by atoms with Gasteiger partial charge in [0.2, 0.25) is 0 Å². The molecule has 272 valence electrons. The first-order valence-electron chi connectivity index (χ1n) is 20.3. The minimum atomic E-state index is 0.279. The lowest BCUT2D eigenvalue weighted by Crippen LogP contribution is -2.18. The monoisotopic (exact) mass is 739 g/mol. The summed E-state index contributed by atoms with van der Waals surface area (Å²) in [6, 6.07) is 53.3. The van der Waals surface area contributed by atoms with Crippen LogP contribution in [0.25, 0.3) is 82.1 Å². The molecule has 1 unspecified atom stereocenters. The number of aromatic nitrogens is 2. The van der Waals surface area contributed by atoms with Crippen LogP contribution in [-0.2, 0) is 0 Å². The van der Waals surface area contributed by atoms with Gasteiger partial charge in [-0.3, -0.25) is 4.99 Å². The maximum absolute atomic E-state index is 5.33. The highest BCUT2D eigenvalue weighted by atomic mass is 14.8. The molecule has 0 saturated carbocycles. The number of rotatable bonds is 4. The Morgan fingerprint density at radius 2 is 1.14 bits per heavy atom. The zero-order valence-electron chi connectivity index (χ0n) is 31.9. The van der Waals surface area contributed by atoms with Gasteiger partial charge in [0.15, 0.2) is 0 Å². The number of pyridine rings is 2. The van der Waals surface area contributed by atoms with Gasteiger partial charge in [0, 0.05) is 39.1 Å². The molecule has 0 bridgehead atoms. The molecular weight excluding hydrogens is 703 g/mol. The molecule has 3 heteroatoms. The third kappa shape index (κ3) is 5.38. The predicted octanol–water partition coefficient (Wildman–Crippen LogP) is 14.1. The van der Waals surface area contributed by atoms with Crippen molar-refractivity contribution in [1.29, 1.82) is 0 Å². The number of hydrogen-bond donors (Lipinski definition) is 0. The second-order valence-electron chi connectivity index (χ2n) is 15.8. The van der Waals surface area contributed by atoms with Crippen molar-refractivity contribution in [1.82, 2.24) is 9.97 Å². The maximum atomic E-state index is 5.33. The Labute approximate surface area is 336 Å². The molecule has 0 fully saturated rings. The van der Waals surface area contributed by atoms with Crippen molar-refractivity contribution in [2.45, 2.75) is 25.2 Å². The van der Waals surface area contributed by atoms with Crippen LogP contribution >= 0.6 is 0 Å². The minimum Gasteiger partial charge on any atom is -0.252 e. The zero-order valence-corrected chi connectivity index (χ0v) is 31.9. The van der Waals surface area contributed by atoms with Crippen molar-refractivity contribution >= 4 is 65.4 Å². The van der Waals surface area contributed by atoms with Crippen LogP contribution in [0.1, 0.15) is 47.6 Å². The molecule has 2 aliphatic carbocycles. The van der Waals surface area contributed by atoms with E-state index in [1.165, 1.54) is 60.1 Å². The lowest BCUT2D eigenvalue weighted by molar-refractivity contribution is 0.782. The number of nitrogens with zero attached hydrogens (tertiary/aromatic N) is 3. The molecule has 3 nitrogen and oxygen atoms in total. The maximum Gasteiger partial charge on any atom is 0.0972 e. The Morgan fingerprint density at radius 3 is 1.97 bits per heavy atom. The third-order valence-electron chi connectivity index (χ3n) is 12.4. The summed E-state index contributed by atoms with van der Waals surface area (Å²) in [6.07, 6.45) is 16.2. The van der Waals surface area contributed by atoms with Crippen molar-refractivity contribution in [3.8, 4) is 22.4 Å². The fourth-order valence-corrected chi connectivity index (χ4v) is 9.47. The molecule has 58 heavy (non-hydrogen) atoms. The standard InChI is InChI=1S/C55H37N3/c1-2-10-35(11-3-1)49-29-24-36-17-18-37-25-30-50(57-55(37)54(36)56-49)42-23-27-45-41(33-42)20-19-40-31-39(22-26-44(40)45)38-12-8-13-43(32-38)53-48-28-21-34-9-4-5-14-46(34)52(48)47-15-6-7-16-51(47)58-53/h1-2,4-10,12-14,16-33,47H,3,11,15H2. The first kappa shape index (κ1) is 33.0. The van der Waals surface area contributed by atoms with E-state index in [1.54, 1.807) is 0 Å². The van der Waals surface area contributed by atoms with Crippen LogP contribution in [0.15, 0.2) is 193 Å². The highest BCUT2D eigenvalue weighted by Crippen LogP contribution is 2.43. The van der Waals surface area contributed by atoms with Crippen molar-refractivity contribution < 1.29 is 0 Å². The minimum absolute atomic E-state index is 0.279. The quantitative estimate of drug-likeness (QED) is 0.169. The van der Waals surface area contributed by atoms with Crippen molar-refractivity contribution in [2.24, 2.45) is 4.99 Å². The van der Waals surface area contributed by atoms with Gasteiger partial charge in [-0.1, -0.05) is 146 Å². The summed E-state index contributed by atoms with van der Waals surface area (Å²) >= 11 is 0. The molecule has 0 radical (unpaired) electrons. The van der Waals surface area contributed by atoms with Gasteiger partial charge in [0.25, 0.3) is 0 Å². The highest BCUT2D eigenvalue weighted by molar-refractivity contribution is 6.18. The molecule has 1 atom stereocenters. The largest absolute Gasteiger partial charge is 0.252 e. The van der Waals surface area contributed by atoms with E-state index in [2.05, 4.69) is 182 Å². The highest BCUT2D eigenvalue weighted by Gasteiger charge is 2.29. The summed E-state index contributed by atoms with van der Waals surface area (Å²) < 4.78 is 0. The molecule has 3 heterocycles. The number of allylic oxidation sites excluding steroid dienone is 8. The van der Waals surface area contributed by atoms with Gasteiger partial charge in [-0.25, -0.2) is 9.97 Å².